The third-order valence-electron chi connectivity index (χ3n) is 2.83. The normalized spacial score (nSPS) is 10.6. The van der Waals surface area contributed by atoms with E-state index in [1.165, 1.54) is 0 Å². The summed E-state index contributed by atoms with van der Waals surface area (Å²) >= 11 is 3.41. The van der Waals surface area contributed by atoms with E-state index in [-0.39, 0.29) is 0 Å². The fourth-order valence-electron chi connectivity index (χ4n) is 1.84. The fraction of sp³-hybridized carbons (Fsp3) is 0.0667. The van der Waals surface area contributed by atoms with Gasteiger partial charge < -0.3 is 4.74 Å². The van der Waals surface area contributed by atoms with Crippen molar-refractivity contribution >= 4 is 26.7 Å². The lowest BCUT2D eigenvalue weighted by molar-refractivity contribution is 0.294. The van der Waals surface area contributed by atoms with Crippen molar-refractivity contribution in [2.75, 3.05) is 0 Å². The summed E-state index contributed by atoms with van der Waals surface area (Å²) in [6.07, 6.45) is 1.74. The highest BCUT2D eigenvalue weighted by atomic mass is 79.9. The van der Waals surface area contributed by atoms with Crippen LogP contribution in [0.4, 0.5) is 0 Å². The Morgan fingerprint density at radius 2 is 1.79 bits per heavy atom. The lowest BCUT2D eigenvalue weighted by atomic mass is 10.2. The molecule has 0 saturated carbocycles. The highest BCUT2D eigenvalue weighted by Crippen LogP contribution is 2.22. The lowest BCUT2D eigenvalue weighted by Crippen LogP contribution is -1.98. The van der Waals surface area contributed by atoms with E-state index in [9.17, 15) is 0 Å². The monoisotopic (exact) mass is 314 g/mol. The molecule has 0 unspecified atom stereocenters. The first-order valence-electron chi connectivity index (χ1n) is 5.90. The van der Waals surface area contributed by atoms with E-state index in [4.69, 9.17) is 4.74 Å². The Hall–Kier alpha value is -1.94. The maximum absolute atomic E-state index is 5.76. The number of benzene rings is 2. The molecule has 0 aliphatic carbocycles. The number of nitrogens with zero attached hydrogens (tertiary/aromatic N) is 2. The molecule has 3 nitrogen and oxygen atoms in total. The van der Waals surface area contributed by atoms with E-state index < -0.39 is 0 Å². The van der Waals surface area contributed by atoms with Gasteiger partial charge in [0.15, 0.2) is 0 Å². The van der Waals surface area contributed by atoms with Crippen LogP contribution in [0.2, 0.25) is 0 Å². The molecular formula is C15H11BrN2O. The van der Waals surface area contributed by atoms with Gasteiger partial charge in [-0.15, -0.1) is 5.10 Å². The molecule has 0 aliphatic rings. The first kappa shape index (κ1) is 12.1. The minimum absolute atomic E-state index is 0.482. The van der Waals surface area contributed by atoms with Crippen LogP contribution >= 0.6 is 15.9 Å². The van der Waals surface area contributed by atoms with Gasteiger partial charge in [-0.05, 0) is 23.8 Å². The summed E-state index contributed by atoms with van der Waals surface area (Å²) in [5, 5.41) is 10.0. The number of aromatic nitrogens is 2. The first-order chi connectivity index (χ1) is 9.33. The Morgan fingerprint density at radius 1 is 1.00 bits per heavy atom. The second-order valence-electron chi connectivity index (χ2n) is 4.15. The highest BCUT2D eigenvalue weighted by molar-refractivity contribution is 9.10. The van der Waals surface area contributed by atoms with Crippen LogP contribution in [0.5, 0.6) is 5.88 Å². The summed E-state index contributed by atoms with van der Waals surface area (Å²) in [7, 11) is 0. The molecule has 4 heteroatoms. The van der Waals surface area contributed by atoms with Gasteiger partial charge in [-0.1, -0.05) is 46.3 Å². The molecule has 0 N–H and O–H groups in total. The molecular weight excluding hydrogens is 304 g/mol. The van der Waals surface area contributed by atoms with E-state index in [1.807, 2.05) is 48.5 Å². The van der Waals surface area contributed by atoms with Crippen molar-refractivity contribution in [2.24, 2.45) is 0 Å². The quantitative estimate of drug-likeness (QED) is 0.733. The van der Waals surface area contributed by atoms with Crippen LogP contribution in [0, 0.1) is 0 Å². The van der Waals surface area contributed by atoms with Crippen molar-refractivity contribution < 1.29 is 4.74 Å². The average Bonchev–Trinajstić information content (AvgIpc) is 2.47. The fourth-order valence-corrected chi connectivity index (χ4v) is 2.10. The summed E-state index contributed by atoms with van der Waals surface area (Å²) in [6.45, 7) is 0.482. The topological polar surface area (TPSA) is 35.0 Å². The number of hydrogen-bond donors (Lipinski definition) is 0. The zero-order valence-corrected chi connectivity index (χ0v) is 11.7. The molecule has 0 fully saturated rings. The van der Waals surface area contributed by atoms with Gasteiger partial charge in [0.25, 0.3) is 0 Å². The number of rotatable bonds is 3. The minimum Gasteiger partial charge on any atom is -0.471 e. The molecule has 19 heavy (non-hydrogen) atoms. The molecule has 0 radical (unpaired) electrons. The molecule has 94 valence electrons. The van der Waals surface area contributed by atoms with Gasteiger partial charge >= 0.3 is 0 Å². The van der Waals surface area contributed by atoms with E-state index in [0.717, 1.165) is 20.8 Å². The van der Waals surface area contributed by atoms with Crippen LogP contribution in [0.25, 0.3) is 10.8 Å². The van der Waals surface area contributed by atoms with E-state index >= 15 is 0 Å². The molecule has 0 atom stereocenters. The molecule has 0 aliphatic heterocycles. The van der Waals surface area contributed by atoms with Gasteiger partial charge in [0.1, 0.15) is 6.61 Å². The zero-order valence-electron chi connectivity index (χ0n) is 10.1. The SMILES string of the molecule is Brc1ccc(COc2nncc3ccccc23)cc1. The third kappa shape index (κ3) is 2.74. The number of fused-ring (bicyclic) bond motifs is 1. The Morgan fingerprint density at radius 3 is 2.63 bits per heavy atom. The summed E-state index contributed by atoms with van der Waals surface area (Å²) in [4.78, 5) is 0. The molecule has 2 aromatic carbocycles. The number of hydrogen-bond acceptors (Lipinski definition) is 3. The maximum atomic E-state index is 5.76. The van der Waals surface area contributed by atoms with E-state index in [1.54, 1.807) is 6.20 Å². The number of halogens is 1. The van der Waals surface area contributed by atoms with Crippen molar-refractivity contribution in [1.82, 2.24) is 10.2 Å². The highest BCUT2D eigenvalue weighted by Gasteiger charge is 2.04. The molecule has 0 saturated heterocycles. The third-order valence-corrected chi connectivity index (χ3v) is 3.35. The van der Waals surface area contributed by atoms with Gasteiger partial charge in [-0.25, -0.2) is 0 Å². The maximum Gasteiger partial charge on any atom is 0.241 e. The Balaban J connectivity index is 1.84. The van der Waals surface area contributed by atoms with Crippen molar-refractivity contribution in [2.45, 2.75) is 6.61 Å². The van der Waals surface area contributed by atoms with Crippen LogP contribution < -0.4 is 4.74 Å². The van der Waals surface area contributed by atoms with Gasteiger partial charge in [-0.2, -0.15) is 5.10 Å². The smallest absolute Gasteiger partial charge is 0.241 e. The molecule has 3 rings (SSSR count). The molecule has 0 amide bonds. The average molecular weight is 315 g/mol. The second kappa shape index (κ2) is 5.36. The van der Waals surface area contributed by atoms with Crippen molar-refractivity contribution in [1.29, 1.82) is 0 Å². The van der Waals surface area contributed by atoms with Crippen LogP contribution in [-0.4, -0.2) is 10.2 Å². The summed E-state index contributed by atoms with van der Waals surface area (Å²) in [5.74, 6) is 0.570. The van der Waals surface area contributed by atoms with Gasteiger partial charge in [0.2, 0.25) is 5.88 Å². The minimum atomic E-state index is 0.482. The summed E-state index contributed by atoms with van der Waals surface area (Å²) in [6, 6.07) is 15.9. The number of ether oxygens (including phenoxy) is 1. The summed E-state index contributed by atoms with van der Waals surface area (Å²) in [5.41, 5.74) is 1.10. The van der Waals surface area contributed by atoms with Crippen molar-refractivity contribution in [3.63, 3.8) is 0 Å². The molecule has 0 bridgehead atoms. The molecule has 1 aromatic heterocycles. The Bertz CT molecular complexity index is 693. The lowest BCUT2D eigenvalue weighted by Gasteiger charge is -2.07. The van der Waals surface area contributed by atoms with Crippen LogP contribution in [0.15, 0.2) is 59.2 Å². The standard InChI is InChI=1S/C15H11BrN2O/c16-13-7-5-11(6-8-13)10-19-15-14-4-2-1-3-12(14)9-17-18-15/h1-9H,10H2. The van der Waals surface area contributed by atoms with E-state index in [2.05, 4.69) is 26.1 Å². The van der Waals surface area contributed by atoms with Gasteiger partial charge in [0.05, 0.1) is 6.20 Å². The predicted molar refractivity (Wildman–Crippen MR) is 78.0 cm³/mol. The Kier molecular flexibility index (Phi) is 3.42. The predicted octanol–water partition coefficient (Wildman–Crippen LogP) is 3.97. The Labute approximate surface area is 119 Å². The van der Waals surface area contributed by atoms with Crippen molar-refractivity contribution in [3.8, 4) is 5.88 Å². The van der Waals surface area contributed by atoms with Crippen LogP contribution in [0.1, 0.15) is 5.56 Å². The first-order valence-corrected chi connectivity index (χ1v) is 6.70. The molecule has 0 spiro atoms. The molecule has 1 heterocycles. The second-order valence-corrected chi connectivity index (χ2v) is 5.07. The largest absolute Gasteiger partial charge is 0.471 e. The van der Waals surface area contributed by atoms with Crippen LogP contribution in [0.3, 0.4) is 0 Å². The van der Waals surface area contributed by atoms with E-state index in [0.29, 0.717) is 12.5 Å². The summed E-state index contributed by atoms with van der Waals surface area (Å²) < 4.78 is 6.81. The van der Waals surface area contributed by atoms with Gasteiger partial charge in [0, 0.05) is 15.2 Å². The van der Waals surface area contributed by atoms with Gasteiger partial charge in [-0.3, -0.25) is 0 Å². The zero-order chi connectivity index (χ0) is 13.1. The molecule has 3 aromatic rings. The van der Waals surface area contributed by atoms with Crippen LogP contribution in [-0.2, 0) is 6.61 Å². The van der Waals surface area contributed by atoms with Crippen molar-refractivity contribution in [3.05, 3.63) is 64.8 Å².